The third-order valence-electron chi connectivity index (χ3n) is 3.85. The summed E-state index contributed by atoms with van der Waals surface area (Å²) in [5, 5.41) is 5.35. The predicted octanol–water partition coefficient (Wildman–Crippen LogP) is 2.11. The van der Waals surface area contributed by atoms with E-state index in [1.807, 2.05) is 6.07 Å². The third-order valence-corrected chi connectivity index (χ3v) is 3.85. The molecule has 2 N–H and O–H groups in total. The van der Waals surface area contributed by atoms with E-state index in [2.05, 4.69) is 10.2 Å². The summed E-state index contributed by atoms with van der Waals surface area (Å²) in [6.45, 7) is 3.80. The van der Waals surface area contributed by atoms with Crippen LogP contribution in [0.4, 0.5) is 0 Å². The minimum atomic E-state index is -0.510. The van der Waals surface area contributed by atoms with Crippen molar-refractivity contribution in [3.8, 4) is 11.5 Å². The SMILES string of the molecule is CCOC(=O)C[C@H](c1cccc(OC)c1OC)c1c(C)[nH][nH]c1=O. The van der Waals surface area contributed by atoms with Gasteiger partial charge in [-0.25, -0.2) is 0 Å². The number of benzene rings is 1. The quantitative estimate of drug-likeness (QED) is 0.757. The normalized spacial score (nSPS) is 11.8. The lowest BCUT2D eigenvalue weighted by atomic mass is 9.88. The van der Waals surface area contributed by atoms with Crippen molar-refractivity contribution in [2.75, 3.05) is 20.8 Å². The average Bonchev–Trinajstić information content (AvgIpc) is 2.91. The first-order chi connectivity index (χ1) is 11.5. The molecule has 1 heterocycles. The van der Waals surface area contributed by atoms with Gasteiger partial charge in [0.15, 0.2) is 11.5 Å². The standard InChI is InChI=1S/C17H22N2O5/c1-5-24-14(20)9-12(15-10(2)18-19-17(15)21)11-7-6-8-13(22-3)16(11)23-4/h6-8,12H,5,9H2,1-4H3,(H2,18,19,21)/t12-/m1/s1. The average molecular weight is 334 g/mol. The van der Waals surface area contributed by atoms with E-state index in [1.165, 1.54) is 14.2 Å². The molecule has 130 valence electrons. The number of esters is 1. The molecule has 0 bridgehead atoms. The molecule has 0 unspecified atom stereocenters. The smallest absolute Gasteiger partial charge is 0.306 e. The van der Waals surface area contributed by atoms with Gasteiger partial charge in [-0.3, -0.25) is 14.7 Å². The number of nitrogens with one attached hydrogen (secondary N) is 2. The zero-order valence-corrected chi connectivity index (χ0v) is 14.3. The summed E-state index contributed by atoms with van der Waals surface area (Å²) in [5.41, 5.74) is 1.57. The maximum absolute atomic E-state index is 12.2. The molecule has 0 saturated heterocycles. The van der Waals surface area contributed by atoms with Crippen LogP contribution in [0.25, 0.3) is 0 Å². The Morgan fingerprint density at radius 1 is 1.21 bits per heavy atom. The number of H-pyrrole nitrogens is 2. The van der Waals surface area contributed by atoms with Crippen LogP contribution in [0.15, 0.2) is 23.0 Å². The van der Waals surface area contributed by atoms with Crippen LogP contribution in [0.2, 0.25) is 0 Å². The molecule has 2 rings (SSSR count). The van der Waals surface area contributed by atoms with Gasteiger partial charge in [0, 0.05) is 22.7 Å². The van der Waals surface area contributed by atoms with Crippen LogP contribution < -0.4 is 15.0 Å². The van der Waals surface area contributed by atoms with E-state index in [1.54, 1.807) is 26.0 Å². The van der Waals surface area contributed by atoms with E-state index >= 15 is 0 Å². The second-order valence-electron chi connectivity index (χ2n) is 5.26. The number of carbonyl (C=O) groups excluding carboxylic acids is 1. The molecule has 0 aliphatic carbocycles. The van der Waals surface area contributed by atoms with Gasteiger partial charge in [0.05, 0.1) is 27.2 Å². The van der Waals surface area contributed by atoms with Gasteiger partial charge in [-0.1, -0.05) is 12.1 Å². The number of hydrogen-bond acceptors (Lipinski definition) is 5. The molecule has 7 heteroatoms. The lowest BCUT2D eigenvalue weighted by molar-refractivity contribution is -0.143. The van der Waals surface area contributed by atoms with E-state index in [0.717, 1.165) is 0 Å². The van der Waals surface area contributed by atoms with Gasteiger partial charge >= 0.3 is 5.97 Å². The summed E-state index contributed by atoms with van der Waals surface area (Å²) in [5.74, 6) is 0.138. The van der Waals surface area contributed by atoms with Gasteiger partial charge in [0.1, 0.15) is 0 Å². The van der Waals surface area contributed by atoms with Gasteiger partial charge in [-0.15, -0.1) is 0 Å². The van der Waals surface area contributed by atoms with Crippen molar-refractivity contribution in [1.82, 2.24) is 10.2 Å². The molecule has 0 radical (unpaired) electrons. The molecule has 1 aromatic heterocycles. The molecule has 0 aliphatic heterocycles. The Morgan fingerprint density at radius 3 is 2.50 bits per heavy atom. The number of methoxy groups -OCH3 is 2. The van der Waals surface area contributed by atoms with Crippen LogP contribution in [0.1, 0.15) is 36.1 Å². The molecule has 1 atom stereocenters. The largest absolute Gasteiger partial charge is 0.493 e. The Labute approximate surface area is 139 Å². The number of para-hydroxylation sites is 1. The molecular formula is C17H22N2O5. The zero-order valence-electron chi connectivity index (χ0n) is 14.3. The van der Waals surface area contributed by atoms with Crippen LogP contribution in [0.5, 0.6) is 11.5 Å². The van der Waals surface area contributed by atoms with Crippen molar-refractivity contribution in [1.29, 1.82) is 0 Å². The van der Waals surface area contributed by atoms with Crippen molar-refractivity contribution in [2.45, 2.75) is 26.2 Å². The van der Waals surface area contributed by atoms with Crippen molar-refractivity contribution in [3.63, 3.8) is 0 Å². The maximum atomic E-state index is 12.2. The highest BCUT2D eigenvalue weighted by Gasteiger charge is 2.28. The molecule has 0 saturated carbocycles. The first-order valence-corrected chi connectivity index (χ1v) is 7.67. The highest BCUT2D eigenvalue weighted by atomic mass is 16.5. The number of aromatic amines is 2. The predicted molar refractivity (Wildman–Crippen MR) is 88.8 cm³/mol. The summed E-state index contributed by atoms with van der Waals surface area (Å²) < 4.78 is 15.9. The zero-order chi connectivity index (χ0) is 17.7. The summed E-state index contributed by atoms with van der Waals surface area (Å²) >= 11 is 0. The van der Waals surface area contributed by atoms with Gasteiger partial charge in [0.25, 0.3) is 5.56 Å². The number of aromatic nitrogens is 2. The lowest BCUT2D eigenvalue weighted by Gasteiger charge is -2.20. The molecule has 7 nitrogen and oxygen atoms in total. The van der Waals surface area contributed by atoms with Crippen molar-refractivity contribution >= 4 is 5.97 Å². The molecule has 0 aliphatic rings. The Hall–Kier alpha value is -2.70. The monoisotopic (exact) mass is 334 g/mol. The summed E-state index contributed by atoms with van der Waals surface area (Å²) in [6.07, 6.45) is 0.0269. The molecule has 2 aromatic rings. The third kappa shape index (κ3) is 3.45. The van der Waals surface area contributed by atoms with Crippen LogP contribution in [-0.4, -0.2) is 37.0 Å². The topological polar surface area (TPSA) is 93.4 Å². The van der Waals surface area contributed by atoms with Gasteiger partial charge in [-0.05, 0) is 19.9 Å². The molecule has 0 fully saturated rings. The molecular weight excluding hydrogens is 312 g/mol. The summed E-state index contributed by atoms with van der Waals surface area (Å²) in [6, 6.07) is 5.38. The first-order valence-electron chi connectivity index (χ1n) is 7.67. The second kappa shape index (κ2) is 7.72. The van der Waals surface area contributed by atoms with E-state index in [4.69, 9.17) is 14.2 Å². The molecule has 0 spiro atoms. The maximum Gasteiger partial charge on any atom is 0.306 e. The summed E-state index contributed by atoms with van der Waals surface area (Å²) in [4.78, 5) is 24.3. The van der Waals surface area contributed by atoms with Crippen LogP contribution >= 0.6 is 0 Å². The highest BCUT2D eigenvalue weighted by Crippen LogP contribution is 2.39. The fourth-order valence-corrected chi connectivity index (χ4v) is 2.82. The fraction of sp³-hybridized carbons (Fsp3) is 0.412. The number of carbonyl (C=O) groups is 1. The molecule has 0 amide bonds. The van der Waals surface area contributed by atoms with E-state index < -0.39 is 5.92 Å². The van der Waals surface area contributed by atoms with Crippen molar-refractivity contribution < 1.29 is 19.0 Å². The number of rotatable bonds is 7. The number of hydrogen-bond donors (Lipinski definition) is 2. The van der Waals surface area contributed by atoms with E-state index in [9.17, 15) is 9.59 Å². The molecule has 24 heavy (non-hydrogen) atoms. The van der Waals surface area contributed by atoms with E-state index in [0.29, 0.717) is 28.3 Å². The van der Waals surface area contributed by atoms with Gasteiger partial charge in [0.2, 0.25) is 0 Å². The minimum absolute atomic E-state index is 0.0269. The first kappa shape index (κ1) is 17.7. The minimum Gasteiger partial charge on any atom is -0.493 e. The van der Waals surface area contributed by atoms with Crippen molar-refractivity contribution in [3.05, 3.63) is 45.4 Å². The number of ether oxygens (including phenoxy) is 3. The number of aryl methyl sites for hydroxylation is 1. The fourth-order valence-electron chi connectivity index (χ4n) is 2.82. The summed E-state index contributed by atoms with van der Waals surface area (Å²) in [7, 11) is 3.06. The van der Waals surface area contributed by atoms with Gasteiger partial charge < -0.3 is 19.3 Å². The Morgan fingerprint density at radius 2 is 1.96 bits per heavy atom. The van der Waals surface area contributed by atoms with Gasteiger partial charge in [-0.2, -0.15) is 0 Å². The van der Waals surface area contributed by atoms with Crippen LogP contribution in [0.3, 0.4) is 0 Å². The second-order valence-corrected chi connectivity index (χ2v) is 5.26. The Bertz CT molecular complexity index is 763. The van der Waals surface area contributed by atoms with Crippen molar-refractivity contribution in [2.24, 2.45) is 0 Å². The van der Waals surface area contributed by atoms with E-state index in [-0.39, 0.29) is 24.6 Å². The van der Waals surface area contributed by atoms with Crippen LogP contribution in [0, 0.1) is 6.92 Å². The van der Waals surface area contributed by atoms with Crippen LogP contribution in [-0.2, 0) is 9.53 Å². The lowest BCUT2D eigenvalue weighted by Crippen LogP contribution is -2.18. The molecule has 1 aromatic carbocycles. The Kier molecular flexibility index (Phi) is 5.68. The highest BCUT2D eigenvalue weighted by molar-refractivity contribution is 5.72. The Balaban J connectivity index is 2.59.